The normalized spacial score (nSPS) is 12.5. The molecule has 0 spiro atoms. The van der Waals surface area contributed by atoms with Gasteiger partial charge < -0.3 is 19.9 Å². The highest BCUT2D eigenvalue weighted by Crippen LogP contribution is 2.19. The molecule has 1 heterocycles. The predicted molar refractivity (Wildman–Crippen MR) is 66.6 cm³/mol. The van der Waals surface area contributed by atoms with Crippen LogP contribution < -0.4 is 10.1 Å². The molecule has 1 aromatic rings. The van der Waals surface area contributed by atoms with E-state index in [2.05, 4.69) is 19.8 Å². The van der Waals surface area contributed by atoms with Crippen molar-refractivity contribution in [2.75, 3.05) is 20.3 Å². The van der Waals surface area contributed by atoms with Crippen LogP contribution in [0.15, 0.2) is 18.3 Å². The number of hydrogen-bond donors (Lipinski definition) is 2. The van der Waals surface area contributed by atoms with Gasteiger partial charge in [-0.1, -0.05) is 0 Å². The van der Waals surface area contributed by atoms with Crippen LogP contribution in [0.4, 0.5) is 13.2 Å². The average Bonchev–Trinajstić information content (AvgIpc) is 2.44. The number of ether oxygens (including phenoxy) is 2. The minimum atomic E-state index is -4.57. The minimum Gasteiger partial charge on any atom is -0.479 e. The molecule has 0 saturated carbocycles. The van der Waals surface area contributed by atoms with E-state index in [1.165, 1.54) is 12.1 Å². The van der Waals surface area contributed by atoms with Crippen molar-refractivity contribution in [3.8, 4) is 5.88 Å². The van der Waals surface area contributed by atoms with Crippen molar-refractivity contribution in [3.05, 3.63) is 23.9 Å². The first kappa shape index (κ1) is 17.7. The number of aliphatic carboxylic acids is 1. The maximum Gasteiger partial charge on any atom is 0.422 e. The first-order valence-corrected chi connectivity index (χ1v) is 5.93. The zero-order chi connectivity index (χ0) is 16.8. The molecule has 0 bridgehead atoms. The summed E-state index contributed by atoms with van der Waals surface area (Å²) in [5.41, 5.74) is -0.244. The number of halogens is 3. The van der Waals surface area contributed by atoms with Crippen LogP contribution in [0, 0.1) is 0 Å². The van der Waals surface area contributed by atoms with Gasteiger partial charge in [0.05, 0.1) is 6.54 Å². The standard InChI is InChI=1S/C12H13F3N2O5/c1-21-8(11(19)20)5-17-9(18)7-3-2-4-16-10(7)22-6-12(13,14)15/h2-4,8H,5-6H2,1H3,(H,17,18)(H,19,20). The second-order valence-corrected chi connectivity index (χ2v) is 4.03. The van der Waals surface area contributed by atoms with E-state index in [0.717, 1.165) is 13.3 Å². The summed E-state index contributed by atoms with van der Waals surface area (Å²) in [6, 6.07) is 2.54. The molecule has 1 unspecified atom stereocenters. The third-order valence-electron chi connectivity index (χ3n) is 2.40. The molecule has 0 aliphatic rings. The van der Waals surface area contributed by atoms with E-state index in [-0.39, 0.29) is 12.1 Å². The van der Waals surface area contributed by atoms with Gasteiger partial charge in [0.2, 0.25) is 5.88 Å². The van der Waals surface area contributed by atoms with Crippen LogP contribution in [-0.4, -0.2) is 54.5 Å². The molecule has 2 N–H and O–H groups in total. The summed E-state index contributed by atoms with van der Waals surface area (Å²) < 4.78 is 45.5. The van der Waals surface area contributed by atoms with E-state index < -0.39 is 36.6 Å². The Morgan fingerprint density at radius 1 is 1.45 bits per heavy atom. The van der Waals surface area contributed by atoms with Crippen molar-refractivity contribution >= 4 is 11.9 Å². The molecule has 7 nitrogen and oxygen atoms in total. The van der Waals surface area contributed by atoms with Gasteiger partial charge in [-0.05, 0) is 12.1 Å². The van der Waals surface area contributed by atoms with E-state index in [9.17, 15) is 22.8 Å². The van der Waals surface area contributed by atoms with E-state index in [0.29, 0.717) is 0 Å². The smallest absolute Gasteiger partial charge is 0.422 e. The Kier molecular flexibility index (Phi) is 6.11. The maximum absolute atomic E-state index is 12.1. The molecule has 0 aromatic carbocycles. The van der Waals surface area contributed by atoms with E-state index in [4.69, 9.17) is 5.11 Å². The quantitative estimate of drug-likeness (QED) is 0.772. The number of methoxy groups -OCH3 is 1. The average molecular weight is 322 g/mol. The summed E-state index contributed by atoms with van der Waals surface area (Å²) in [5.74, 6) is -2.61. The lowest BCUT2D eigenvalue weighted by molar-refractivity contribution is -0.154. The van der Waals surface area contributed by atoms with Gasteiger partial charge in [-0.25, -0.2) is 9.78 Å². The molecule has 0 fully saturated rings. The van der Waals surface area contributed by atoms with Gasteiger partial charge in [0, 0.05) is 13.3 Å². The highest BCUT2D eigenvalue weighted by Gasteiger charge is 2.29. The number of pyridine rings is 1. The van der Waals surface area contributed by atoms with Crippen LogP contribution in [0.5, 0.6) is 5.88 Å². The Hall–Kier alpha value is -2.36. The van der Waals surface area contributed by atoms with Gasteiger partial charge in [-0.15, -0.1) is 0 Å². The van der Waals surface area contributed by atoms with Crippen molar-refractivity contribution in [1.29, 1.82) is 0 Å². The first-order valence-electron chi connectivity index (χ1n) is 5.93. The van der Waals surface area contributed by atoms with Crippen LogP contribution in [0.25, 0.3) is 0 Å². The van der Waals surface area contributed by atoms with Gasteiger partial charge in [0.1, 0.15) is 5.56 Å². The summed E-state index contributed by atoms with van der Waals surface area (Å²) >= 11 is 0. The summed E-state index contributed by atoms with van der Waals surface area (Å²) in [6.45, 7) is -1.96. The molecular formula is C12H13F3N2O5. The Bertz CT molecular complexity index is 536. The molecular weight excluding hydrogens is 309 g/mol. The van der Waals surface area contributed by atoms with Crippen molar-refractivity contribution in [1.82, 2.24) is 10.3 Å². The maximum atomic E-state index is 12.1. The second kappa shape index (κ2) is 7.59. The van der Waals surface area contributed by atoms with E-state index in [1.54, 1.807) is 0 Å². The van der Waals surface area contributed by atoms with Crippen molar-refractivity contribution in [2.45, 2.75) is 12.3 Å². The Labute approximate surface area is 123 Å². The van der Waals surface area contributed by atoms with Crippen molar-refractivity contribution in [2.24, 2.45) is 0 Å². The number of rotatable bonds is 7. The number of carboxylic acids is 1. The van der Waals surface area contributed by atoms with Crippen LogP contribution in [-0.2, 0) is 9.53 Å². The van der Waals surface area contributed by atoms with Crippen LogP contribution in [0.2, 0.25) is 0 Å². The van der Waals surface area contributed by atoms with Gasteiger partial charge in [-0.2, -0.15) is 13.2 Å². The lowest BCUT2D eigenvalue weighted by Gasteiger charge is -2.14. The molecule has 1 atom stereocenters. The predicted octanol–water partition coefficient (Wildman–Crippen LogP) is 0.852. The van der Waals surface area contributed by atoms with Crippen molar-refractivity contribution in [3.63, 3.8) is 0 Å². The molecule has 122 valence electrons. The number of nitrogens with zero attached hydrogens (tertiary/aromatic N) is 1. The largest absolute Gasteiger partial charge is 0.479 e. The minimum absolute atomic E-state index is 0.244. The molecule has 0 saturated heterocycles. The van der Waals surface area contributed by atoms with Crippen LogP contribution >= 0.6 is 0 Å². The fourth-order valence-electron chi connectivity index (χ4n) is 1.38. The van der Waals surface area contributed by atoms with E-state index >= 15 is 0 Å². The molecule has 1 aromatic heterocycles. The van der Waals surface area contributed by atoms with Gasteiger partial charge >= 0.3 is 12.1 Å². The number of carbonyl (C=O) groups excluding carboxylic acids is 1. The monoisotopic (exact) mass is 322 g/mol. The Morgan fingerprint density at radius 3 is 2.68 bits per heavy atom. The number of carbonyl (C=O) groups is 2. The lowest BCUT2D eigenvalue weighted by Crippen LogP contribution is -2.38. The first-order chi connectivity index (χ1) is 10.2. The number of nitrogens with one attached hydrogen (secondary N) is 1. The fourth-order valence-corrected chi connectivity index (χ4v) is 1.38. The molecule has 0 aliphatic heterocycles. The summed E-state index contributed by atoms with van der Waals surface area (Å²) in [7, 11) is 1.15. The highest BCUT2D eigenvalue weighted by molar-refractivity contribution is 5.96. The zero-order valence-electron chi connectivity index (χ0n) is 11.4. The lowest BCUT2D eigenvalue weighted by atomic mass is 10.2. The zero-order valence-corrected chi connectivity index (χ0v) is 11.4. The molecule has 10 heteroatoms. The van der Waals surface area contributed by atoms with Crippen LogP contribution in [0.1, 0.15) is 10.4 Å². The topological polar surface area (TPSA) is 97.8 Å². The number of amides is 1. The Balaban J connectivity index is 2.75. The third kappa shape index (κ3) is 5.56. The molecule has 1 rings (SSSR count). The summed E-state index contributed by atoms with van der Waals surface area (Å²) in [6.07, 6.45) is -4.69. The van der Waals surface area contributed by atoms with Gasteiger partial charge in [0.25, 0.3) is 5.91 Å². The second-order valence-electron chi connectivity index (χ2n) is 4.03. The fraction of sp³-hybridized carbons (Fsp3) is 0.417. The third-order valence-corrected chi connectivity index (χ3v) is 2.40. The molecule has 0 radical (unpaired) electrons. The molecule has 22 heavy (non-hydrogen) atoms. The summed E-state index contributed by atoms with van der Waals surface area (Å²) in [5, 5.41) is 11.0. The number of hydrogen-bond acceptors (Lipinski definition) is 5. The number of aromatic nitrogens is 1. The number of alkyl halides is 3. The summed E-state index contributed by atoms with van der Waals surface area (Å²) in [4.78, 5) is 26.1. The van der Waals surface area contributed by atoms with Gasteiger partial charge in [0.15, 0.2) is 12.7 Å². The van der Waals surface area contributed by atoms with Crippen molar-refractivity contribution < 1.29 is 37.3 Å². The van der Waals surface area contributed by atoms with E-state index in [1.807, 2.05) is 0 Å². The molecule has 0 aliphatic carbocycles. The van der Waals surface area contributed by atoms with Crippen LogP contribution in [0.3, 0.4) is 0 Å². The number of carboxylic acid groups (broad SMARTS) is 1. The van der Waals surface area contributed by atoms with Gasteiger partial charge in [-0.3, -0.25) is 4.79 Å². The molecule has 1 amide bonds. The SMILES string of the molecule is COC(CNC(=O)c1cccnc1OCC(F)(F)F)C(=O)O. The highest BCUT2D eigenvalue weighted by atomic mass is 19.4. The Morgan fingerprint density at radius 2 is 2.14 bits per heavy atom.